The highest BCUT2D eigenvalue weighted by atomic mass is 19.1. The van der Waals surface area contributed by atoms with Crippen molar-refractivity contribution in [1.29, 1.82) is 0 Å². The minimum atomic E-state index is -0.438. The molecule has 2 aliphatic heterocycles. The first-order valence-electron chi connectivity index (χ1n) is 11.4. The Morgan fingerprint density at radius 3 is 2.50 bits per heavy atom. The van der Waals surface area contributed by atoms with Crippen molar-refractivity contribution in [2.45, 2.75) is 51.0 Å². The fourth-order valence-electron chi connectivity index (χ4n) is 4.77. The molecule has 0 radical (unpaired) electrons. The Hall–Kier alpha value is -2.15. The number of hydrogen-bond donors (Lipinski definition) is 1. The van der Waals surface area contributed by atoms with Gasteiger partial charge in [-0.2, -0.15) is 0 Å². The van der Waals surface area contributed by atoms with Crippen LogP contribution in [0, 0.1) is 11.7 Å². The largest absolute Gasteiger partial charge is 0.336 e. The van der Waals surface area contributed by atoms with E-state index in [1.165, 1.54) is 18.9 Å². The summed E-state index contributed by atoms with van der Waals surface area (Å²) in [6, 6.07) is 5.96. The van der Waals surface area contributed by atoms with E-state index in [9.17, 15) is 14.0 Å². The standard InChI is InChI=1S/C23H33FN4O2/c24-20-10-1-2-11-21(20)25-23(30)27-14-6-9-19(17-27)28(22(29)18-7-5-8-18)16-15-26-12-3-4-13-26/h1-2,10-11,18-19H,3-9,12-17H2,(H,25,30). The number of hydrogen-bond acceptors (Lipinski definition) is 3. The summed E-state index contributed by atoms with van der Waals surface area (Å²) in [5.74, 6) is -0.0141. The van der Waals surface area contributed by atoms with Gasteiger partial charge in [0.2, 0.25) is 5.91 Å². The Kier molecular flexibility index (Phi) is 6.87. The van der Waals surface area contributed by atoms with Gasteiger partial charge in [0.25, 0.3) is 0 Å². The van der Waals surface area contributed by atoms with Crippen molar-refractivity contribution in [2.24, 2.45) is 5.92 Å². The monoisotopic (exact) mass is 416 g/mol. The van der Waals surface area contributed by atoms with Gasteiger partial charge in [-0.25, -0.2) is 9.18 Å². The molecular weight excluding hydrogens is 383 g/mol. The number of likely N-dealkylation sites (tertiary alicyclic amines) is 2. The van der Waals surface area contributed by atoms with Crippen molar-refractivity contribution in [3.8, 4) is 0 Å². The molecule has 2 heterocycles. The lowest BCUT2D eigenvalue weighted by atomic mass is 9.83. The number of nitrogens with zero attached hydrogens (tertiary/aromatic N) is 3. The topological polar surface area (TPSA) is 55.9 Å². The van der Waals surface area contributed by atoms with Crippen LogP contribution in [0.15, 0.2) is 24.3 Å². The summed E-state index contributed by atoms with van der Waals surface area (Å²) in [6.45, 7) is 5.03. The van der Waals surface area contributed by atoms with Crippen molar-refractivity contribution in [3.63, 3.8) is 0 Å². The quantitative estimate of drug-likeness (QED) is 0.772. The molecule has 4 rings (SSSR count). The van der Waals surface area contributed by atoms with Crippen LogP contribution in [-0.2, 0) is 4.79 Å². The van der Waals surface area contributed by atoms with Gasteiger partial charge >= 0.3 is 6.03 Å². The molecule has 164 valence electrons. The predicted octanol–water partition coefficient (Wildman–Crippen LogP) is 3.55. The molecule has 1 N–H and O–H groups in total. The fraction of sp³-hybridized carbons (Fsp3) is 0.652. The molecule has 7 heteroatoms. The smallest absolute Gasteiger partial charge is 0.321 e. The maximum Gasteiger partial charge on any atom is 0.321 e. The normalized spacial score (nSPS) is 22.6. The third-order valence-electron chi connectivity index (χ3n) is 6.83. The minimum Gasteiger partial charge on any atom is -0.336 e. The molecule has 2 saturated heterocycles. The highest BCUT2D eigenvalue weighted by Crippen LogP contribution is 2.30. The number of nitrogens with one attached hydrogen (secondary N) is 1. The van der Waals surface area contributed by atoms with Crippen LogP contribution in [0.4, 0.5) is 14.9 Å². The molecule has 3 amide bonds. The van der Waals surface area contributed by atoms with Crippen molar-refractivity contribution in [2.75, 3.05) is 44.6 Å². The maximum absolute atomic E-state index is 13.9. The average Bonchev–Trinajstić information content (AvgIpc) is 3.22. The number of benzene rings is 1. The summed E-state index contributed by atoms with van der Waals surface area (Å²) < 4.78 is 13.9. The van der Waals surface area contributed by atoms with Crippen LogP contribution in [0.2, 0.25) is 0 Å². The van der Waals surface area contributed by atoms with Gasteiger partial charge in [0.05, 0.1) is 5.69 Å². The van der Waals surface area contributed by atoms with E-state index in [4.69, 9.17) is 0 Å². The number of amides is 3. The molecule has 30 heavy (non-hydrogen) atoms. The van der Waals surface area contributed by atoms with E-state index in [0.717, 1.165) is 58.3 Å². The summed E-state index contributed by atoms with van der Waals surface area (Å²) in [4.78, 5) is 32.2. The molecule has 1 unspecified atom stereocenters. The van der Waals surface area contributed by atoms with Gasteiger partial charge in [-0.05, 0) is 63.7 Å². The first-order valence-corrected chi connectivity index (χ1v) is 11.4. The van der Waals surface area contributed by atoms with E-state index in [1.54, 1.807) is 23.1 Å². The van der Waals surface area contributed by atoms with Crippen LogP contribution in [0.1, 0.15) is 44.9 Å². The van der Waals surface area contributed by atoms with E-state index in [-0.39, 0.29) is 29.6 Å². The van der Waals surface area contributed by atoms with Crippen LogP contribution in [0.3, 0.4) is 0 Å². The van der Waals surface area contributed by atoms with Gasteiger partial charge in [0.15, 0.2) is 0 Å². The third kappa shape index (κ3) is 4.94. The summed E-state index contributed by atoms with van der Waals surface area (Å²) in [7, 11) is 0. The average molecular weight is 417 g/mol. The molecule has 3 aliphatic rings. The predicted molar refractivity (Wildman–Crippen MR) is 115 cm³/mol. The fourth-order valence-corrected chi connectivity index (χ4v) is 4.77. The second-order valence-corrected chi connectivity index (χ2v) is 8.86. The number of piperidine rings is 1. The zero-order valence-electron chi connectivity index (χ0n) is 17.7. The zero-order valence-corrected chi connectivity index (χ0v) is 17.7. The second-order valence-electron chi connectivity index (χ2n) is 8.86. The van der Waals surface area contributed by atoms with E-state index < -0.39 is 5.82 Å². The molecule has 1 aliphatic carbocycles. The van der Waals surface area contributed by atoms with Crippen molar-refractivity contribution in [1.82, 2.24) is 14.7 Å². The van der Waals surface area contributed by atoms with E-state index in [1.807, 2.05) is 0 Å². The molecular formula is C23H33FN4O2. The molecule has 6 nitrogen and oxygen atoms in total. The highest BCUT2D eigenvalue weighted by Gasteiger charge is 2.36. The Morgan fingerprint density at radius 1 is 1.03 bits per heavy atom. The molecule has 1 aromatic carbocycles. The molecule has 0 bridgehead atoms. The van der Waals surface area contributed by atoms with Crippen molar-refractivity contribution < 1.29 is 14.0 Å². The van der Waals surface area contributed by atoms with Crippen LogP contribution in [-0.4, -0.2) is 71.9 Å². The number of halogens is 1. The van der Waals surface area contributed by atoms with Crippen molar-refractivity contribution >= 4 is 17.6 Å². The van der Waals surface area contributed by atoms with Gasteiger partial charge in [0, 0.05) is 38.1 Å². The minimum absolute atomic E-state index is 0.0424. The number of rotatable bonds is 6. The number of urea groups is 1. The first-order chi connectivity index (χ1) is 14.6. The van der Waals surface area contributed by atoms with E-state index in [0.29, 0.717) is 13.1 Å². The number of carbonyl (C=O) groups is 2. The molecule has 1 aromatic rings. The molecule has 1 atom stereocenters. The SMILES string of the molecule is O=C(Nc1ccccc1F)N1CCCC(N(CCN2CCCC2)C(=O)C2CCC2)C1. The number of anilines is 1. The first kappa shape index (κ1) is 21.1. The van der Waals surface area contributed by atoms with Gasteiger partial charge in [-0.15, -0.1) is 0 Å². The second kappa shape index (κ2) is 9.77. The van der Waals surface area contributed by atoms with Crippen LogP contribution in [0.5, 0.6) is 0 Å². The summed E-state index contributed by atoms with van der Waals surface area (Å²) >= 11 is 0. The highest BCUT2D eigenvalue weighted by molar-refractivity contribution is 5.89. The maximum atomic E-state index is 13.9. The molecule has 3 fully saturated rings. The third-order valence-corrected chi connectivity index (χ3v) is 6.83. The lowest BCUT2D eigenvalue weighted by Crippen LogP contribution is -2.55. The lowest BCUT2D eigenvalue weighted by Gasteiger charge is -2.42. The number of para-hydroxylation sites is 1. The Balaban J connectivity index is 1.40. The molecule has 0 spiro atoms. The van der Waals surface area contributed by atoms with Crippen LogP contribution >= 0.6 is 0 Å². The van der Waals surface area contributed by atoms with Crippen LogP contribution in [0.25, 0.3) is 0 Å². The summed E-state index contributed by atoms with van der Waals surface area (Å²) in [5.41, 5.74) is 0.195. The van der Waals surface area contributed by atoms with Gasteiger partial charge < -0.3 is 20.0 Å². The lowest BCUT2D eigenvalue weighted by molar-refractivity contribution is -0.141. The summed E-state index contributed by atoms with van der Waals surface area (Å²) in [5, 5.41) is 2.69. The Labute approximate surface area is 178 Å². The van der Waals surface area contributed by atoms with Crippen LogP contribution < -0.4 is 5.32 Å². The number of carbonyl (C=O) groups excluding carboxylic acids is 2. The summed E-state index contributed by atoms with van der Waals surface area (Å²) in [6.07, 6.45) is 7.37. The molecule has 1 saturated carbocycles. The van der Waals surface area contributed by atoms with Gasteiger partial charge in [0.1, 0.15) is 5.82 Å². The zero-order chi connectivity index (χ0) is 20.9. The van der Waals surface area contributed by atoms with Crippen molar-refractivity contribution in [3.05, 3.63) is 30.1 Å². The van der Waals surface area contributed by atoms with Gasteiger partial charge in [-0.1, -0.05) is 18.6 Å². The van der Waals surface area contributed by atoms with E-state index >= 15 is 0 Å². The Morgan fingerprint density at radius 2 is 1.80 bits per heavy atom. The molecule has 0 aromatic heterocycles. The Bertz CT molecular complexity index is 748. The van der Waals surface area contributed by atoms with E-state index in [2.05, 4.69) is 15.1 Å². The van der Waals surface area contributed by atoms with Gasteiger partial charge in [-0.3, -0.25) is 4.79 Å².